The molecule has 0 bridgehead atoms. The summed E-state index contributed by atoms with van der Waals surface area (Å²) >= 11 is 0. The van der Waals surface area contributed by atoms with Crippen molar-refractivity contribution in [2.45, 2.75) is 20.4 Å². The molecule has 0 aliphatic heterocycles. The molecule has 0 spiro atoms. The summed E-state index contributed by atoms with van der Waals surface area (Å²) in [6.45, 7) is 3.41. The molecule has 2 amide bonds. The molecule has 2 aromatic rings. The Morgan fingerprint density at radius 3 is 2.24 bits per heavy atom. The van der Waals surface area contributed by atoms with E-state index in [1.54, 1.807) is 55.7 Å². The van der Waals surface area contributed by atoms with Crippen molar-refractivity contribution in [3.63, 3.8) is 0 Å². The molecule has 1 heterocycles. The minimum absolute atomic E-state index is 0.0421. The van der Waals surface area contributed by atoms with Gasteiger partial charge in [0.25, 0.3) is 0 Å². The third-order valence-corrected chi connectivity index (χ3v) is 3.47. The molecule has 128 valence electrons. The SMILES string of the molecule is CC(=O)c1ccc(NC(=O)/C=C(/C)C(=O)NCc2ccncc2)cc1. The van der Waals surface area contributed by atoms with Gasteiger partial charge in [-0.3, -0.25) is 19.4 Å². The summed E-state index contributed by atoms with van der Waals surface area (Å²) < 4.78 is 0. The Hall–Kier alpha value is -3.28. The summed E-state index contributed by atoms with van der Waals surface area (Å²) in [5.41, 5.74) is 2.34. The predicted molar refractivity (Wildman–Crippen MR) is 94.9 cm³/mol. The van der Waals surface area contributed by atoms with Crippen molar-refractivity contribution in [3.05, 3.63) is 71.6 Å². The molecule has 2 rings (SSSR count). The van der Waals surface area contributed by atoms with Crippen LogP contribution in [0.15, 0.2) is 60.4 Å². The molecular formula is C19H19N3O3. The van der Waals surface area contributed by atoms with Crippen LogP contribution in [0.5, 0.6) is 0 Å². The van der Waals surface area contributed by atoms with E-state index in [9.17, 15) is 14.4 Å². The lowest BCUT2D eigenvalue weighted by Gasteiger charge is -2.06. The van der Waals surface area contributed by atoms with Gasteiger partial charge in [0.2, 0.25) is 11.8 Å². The Labute approximate surface area is 146 Å². The number of aromatic nitrogens is 1. The van der Waals surface area contributed by atoms with Crippen LogP contribution < -0.4 is 10.6 Å². The first-order valence-corrected chi connectivity index (χ1v) is 7.73. The van der Waals surface area contributed by atoms with Crippen LogP contribution in [0.3, 0.4) is 0 Å². The van der Waals surface area contributed by atoms with Gasteiger partial charge in [0.1, 0.15) is 0 Å². The van der Waals surface area contributed by atoms with Gasteiger partial charge < -0.3 is 10.6 Å². The standard InChI is InChI=1S/C19H19N3O3/c1-13(19(25)21-12-15-7-9-20-10-8-15)11-18(24)22-17-5-3-16(4-6-17)14(2)23/h3-11H,12H2,1-2H3,(H,21,25)(H,22,24)/b13-11-. The van der Waals surface area contributed by atoms with Crippen molar-refractivity contribution >= 4 is 23.3 Å². The zero-order valence-corrected chi connectivity index (χ0v) is 14.1. The van der Waals surface area contributed by atoms with Gasteiger partial charge in [0, 0.05) is 41.8 Å². The van der Waals surface area contributed by atoms with E-state index in [2.05, 4.69) is 15.6 Å². The Morgan fingerprint density at radius 1 is 1.00 bits per heavy atom. The number of nitrogens with zero attached hydrogens (tertiary/aromatic N) is 1. The minimum Gasteiger partial charge on any atom is -0.348 e. The number of carbonyl (C=O) groups excluding carboxylic acids is 3. The van der Waals surface area contributed by atoms with E-state index in [1.807, 2.05) is 0 Å². The zero-order valence-electron chi connectivity index (χ0n) is 14.1. The molecule has 0 fully saturated rings. The number of ketones is 1. The van der Waals surface area contributed by atoms with Gasteiger partial charge in [-0.05, 0) is 55.8 Å². The first-order valence-electron chi connectivity index (χ1n) is 7.73. The van der Waals surface area contributed by atoms with Crippen LogP contribution in [-0.4, -0.2) is 22.6 Å². The Morgan fingerprint density at radius 2 is 1.64 bits per heavy atom. The molecule has 0 aliphatic rings. The van der Waals surface area contributed by atoms with Crippen molar-refractivity contribution in [1.29, 1.82) is 0 Å². The maximum absolute atomic E-state index is 12.0. The fourth-order valence-corrected chi connectivity index (χ4v) is 2.05. The second kappa shape index (κ2) is 8.54. The normalized spacial score (nSPS) is 10.9. The lowest BCUT2D eigenvalue weighted by atomic mass is 10.1. The minimum atomic E-state index is -0.410. The molecule has 1 aromatic heterocycles. The zero-order chi connectivity index (χ0) is 18.2. The Bertz CT molecular complexity index is 796. The number of Topliss-reactive ketones (excluding diaryl/α,β-unsaturated/α-hetero) is 1. The predicted octanol–water partition coefficient (Wildman–Crippen LogP) is 2.49. The smallest absolute Gasteiger partial charge is 0.248 e. The van der Waals surface area contributed by atoms with E-state index in [0.717, 1.165) is 5.56 Å². The van der Waals surface area contributed by atoms with Gasteiger partial charge in [-0.15, -0.1) is 0 Å². The van der Waals surface area contributed by atoms with Crippen LogP contribution in [0.1, 0.15) is 29.8 Å². The van der Waals surface area contributed by atoms with E-state index in [1.165, 1.54) is 13.0 Å². The summed E-state index contributed by atoms with van der Waals surface area (Å²) in [5.74, 6) is -0.773. The second-order valence-corrected chi connectivity index (χ2v) is 5.49. The van der Waals surface area contributed by atoms with Gasteiger partial charge in [-0.1, -0.05) is 0 Å². The van der Waals surface area contributed by atoms with Crippen LogP contribution in [0.25, 0.3) is 0 Å². The Kier molecular flexibility index (Phi) is 6.17. The number of carbonyl (C=O) groups is 3. The van der Waals surface area contributed by atoms with Gasteiger partial charge in [0.05, 0.1) is 0 Å². The van der Waals surface area contributed by atoms with Crippen molar-refractivity contribution < 1.29 is 14.4 Å². The summed E-state index contributed by atoms with van der Waals surface area (Å²) in [6.07, 6.45) is 4.53. The third kappa shape index (κ3) is 5.69. The van der Waals surface area contributed by atoms with E-state index < -0.39 is 5.91 Å². The topological polar surface area (TPSA) is 88.2 Å². The van der Waals surface area contributed by atoms with Gasteiger partial charge in [-0.2, -0.15) is 0 Å². The number of amides is 2. The lowest BCUT2D eigenvalue weighted by molar-refractivity contribution is -0.118. The number of pyridine rings is 1. The third-order valence-electron chi connectivity index (χ3n) is 3.47. The summed E-state index contributed by atoms with van der Waals surface area (Å²) in [6, 6.07) is 10.2. The lowest BCUT2D eigenvalue weighted by Crippen LogP contribution is -2.24. The van der Waals surface area contributed by atoms with Crippen molar-refractivity contribution in [2.24, 2.45) is 0 Å². The maximum atomic E-state index is 12.0. The van der Waals surface area contributed by atoms with E-state index in [-0.39, 0.29) is 11.7 Å². The highest BCUT2D eigenvalue weighted by atomic mass is 16.2. The fourth-order valence-electron chi connectivity index (χ4n) is 2.05. The van der Waals surface area contributed by atoms with E-state index >= 15 is 0 Å². The van der Waals surface area contributed by atoms with Crippen molar-refractivity contribution in [1.82, 2.24) is 10.3 Å². The molecule has 6 nitrogen and oxygen atoms in total. The highest BCUT2D eigenvalue weighted by Gasteiger charge is 2.07. The fraction of sp³-hybridized carbons (Fsp3) is 0.158. The van der Waals surface area contributed by atoms with Gasteiger partial charge in [-0.25, -0.2) is 0 Å². The quantitative estimate of drug-likeness (QED) is 0.626. The Balaban J connectivity index is 1.90. The summed E-state index contributed by atoms with van der Waals surface area (Å²) in [7, 11) is 0. The molecule has 2 N–H and O–H groups in total. The molecule has 25 heavy (non-hydrogen) atoms. The maximum Gasteiger partial charge on any atom is 0.248 e. The average Bonchev–Trinajstić information content (AvgIpc) is 2.60. The largest absolute Gasteiger partial charge is 0.348 e. The molecule has 0 atom stereocenters. The average molecular weight is 337 g/mol. The number of rotatable bonds is 6. The summed E-state index contributed by atoms with van der Waals surface area (Å²) in [4.78, 5) is 39.1. The van der Waals surface area contributed by atoms with Crippen molar-refractivity contribution in [2.75, 3.05) is 5.32 Å². The van der Waals surface area contributed by atoms with Gasteiger partial charge in [0.15, 0.2) is 5.78 Å². The molecule has 6 heteroatoms. The highest BCUT2D eigenvalue weighted by Crippen LogP contribution is 2.10. The number of nitrogens with one attached hydrogen (secondary N) is 2. The molecule has 0 aliphatic carbocycles. The summed E-state index contributed by atoms with van der Waals surface area (Å²) in [5, 5.41) is 5.39. The van der Waals surface area contributed by atoms with Crippen LogP contribution in [0.2, 0.25) is 0 Å². The molecule has 0 radical (unpaired) electrons. The van der Waals surface area contributed by atoms with E-state index in [4.69, 9.17) is 0 Å². The number of anilines is 1. The van der Waals surface area contributed by atoms with Crippen LogP contribution >= 0.6 is 0 Å². The van der Waals surface area contributed by atoms with Gasteiger partial charge >= 0.3 is 0 Å². The number of hydrogen-bond acceptors (Lipinski definition) is 4. The van der Waals surface area contributed by atoms with Crippen LogP contribution in [-0.2, 0) is 16.1 Å². The first kappa shape index (κ1) is 18.1. The molecule has 1 aromatic carbocycles. The van der Waals surface area contributed by atoms with Crippen LogP contribution in [0, 0.1) is 0 Å². The monoisotopic (exact) mass is 337 g/mol. The van der Waals surface area contributed by atoms with Crippen molar-refractivity contribution in [3.8, 4) is 0 Å². The second-order valence-electron chi connectivity index (χ2n) is 5.49. The molecule has 0 unspecified atom stereocenters. The molecule has 0 saturated carbocycles. The molecular weight excluding hydrogens is 318 g/mol. The highest BCUT2D eigenvalue weighted by molar-refractivity contribution is 6.06. The number of hydrogen-bond donors (Lipinski definition) is 2. The number of benzene rings is 1. The molecule has 0 saturated heterocycles. The van der Waals surface area contributed by atoms with E-state index in [0.29, 0.717) is 23.4 Å². The van der Waals surface area contributed by atoms with Crippen LogP contribution in [0.4, 0.5) is 5.69 Å². The first-order chi connectivity index (χ1) is 12.0.